The summed E-state index contributed by atoms with van der Waals surface area (Å²) in [5.41, 5.74) is 1.97. The van der Waals surface area contributed by atoms with E-state index in [2.05, 4.69) is 40.0 Å². The van der Waals surface area contributed by atoms with Crippen molar-refractivity contribution in [2.45, 2.75) is 0 Å². The average Bonchev–Trinajstić information content (AvgIpc) is 3.27. The summed E-state index contributed by atoms with van der Waals surface area (Å²) < 4.78 is 1.84. The van der Waals surface area contributed by atoms with Gasteiger partial charge in [-0.15, -0.1) is 27.8 Å². The second-order valence-corrected chi connectivity index (χ2v) is 6.54. The van der Waals surface area contributed by atoms with E-state index in [-0.39, 0.29) is 0 Å². The van der Waals surface area contributed by atoms with Gasteiger partial charge in [-0.3, -0.25) is 0 Å². The standard InChI is InChI=1S/C16H11N3S2/c1-2-5-12(6-3-1)13-11-19(18-17-13)16-9-8-15(21-16)14-7-4-10-20-14/h1-11H. The molecular formula is C16H11N3S2. The first-order chi connectivity index (χ1) is 10.4. The molecule has 0 bridgehead atoms. The minimum atomic E-state index is 0.890. The van der Waals surface area contributed by atoms with Crippen molar-refractivity contribution < 1.29 is 0 Å². The molecule has 0 aliphatic carbocycles. The summed E-state index contributed by atoms with van der Waals surface area (Å²) in [7, 11) is 0. The zero-order valence-corrected chi connectivity index (χ0v) is 12.6. The molecule has 0 radical (unpaired) electrons. The first-order valence-corrected chi connectivity index (χ1v) is 8.22. The van der Waals surface area contributed by atoms with Crippen LogP contribution in [0.25, 0.3) is 26.0 Å². The number of thiophene rings is 2. The third kappa shape index (κ3) is 2.41. The maximum atomic E-state index is 4.26. The van der Waals surface area contributed by atoms with Crippen LogP contribution in [0.1, 0.15) is 0 Å². The number of hydrogen-bond acceptors (Lipinski definition) is 4. The molecule has 0 saturated heterocycles. The van der Waals surface area contributed by atoms with E-state index in [1.54, 1.807) is 22.7 Å². The number of hydrogen-bond donors (Lipinski definition) is 0. The fourth-order valence-corrected chi connectivity index (χ4v) is 3.88. The lowest BCUT2D eigenvalue weighted by molar-refractivity contribution is 0.815. The average molecular weight is 309 g/mol. The molecule has 0 aliphatic rings. The third-order valence-electron chi connectivity index (χ3n) is 3.14. The smallest absolute Gasteiger partial charge is 0.119 e. The molecule has 0 saturated carbocycles. The van der Waals surface area contributed by atoms with Gasteiger partial charge in [0.15, 0.2) is 0 Å². The van der Waals surface area contributed by atoms with E-state index in [1.165, 1.54) is 9.75 Å². The lowest BCUT2D eigenvalue weighted by Crippen LogP contribution is -1.89. The van der Waals surface area contributed by atoms with Crippen LogP contribution in [0.4, 0.5) is 0 Å². The third-order valence-corrected chi connectivity index (χ3v) is 5.29. The predicted octanol–water partition coefficient (Wildman–Crippen LogP) is 4.72. The molecule has 5 heteroatoms. The molecule has 4 rings (SSSR count). The molecule has 4 aromatic rings. The number of benzene rings is 1. The minimum absolute atomic E-state index is 0.890. The summed E-state index contributed by atoms with van der Waals surface area (Å²) in [6.45, 7) is 0. The normalized spacial score (nSPS) is 10.9. The predicted molar refractivity (Wildman–Crippen MR) is 88.0 cm³/mol. The van der Waals surface area contributed by atoms with Crippen LogP contribution in [0.5, 0.6) is 0 Å². The molecule has 1 aromatic carbocycles. The zero-order chi connectivity index (χ0) is 14.1. The van der Waals surface area contributed by atoms with Crippen molar-refractivity contribution >= 4 is 22.7 Å². The molecule has 3 nitrogen and oxygen atoms in total. The highest BCUT2D eigenvalue weighted by atomic mass is 32.1. The molecule has 0 fully saturated rings. The molecule has 0 unspecified atom stereocenters. The lowest BCUT2D eigenvalue weighted by Gasteiger charge is -1.94. The van der Waals surface area contributed by atoms with Gasteiger partial charge in [0.2, 0.25) is 0 Å². The maximum absolute atomic E-state index is 4.26. The number of aromatic nitrogens is 3. The quantitative estimate of drug-likeness (QED) is 0.548. The van der Waals surface area contributed by atoms with Crippen LogP contribution in [-0.2, 0) is 0 Å². The Balaban J connectivity index is 1.67. The first-order valence-electron chi connectivity index (χ1n) is 6.52. The van der Waals surface area contributed by atoms with E-state index < -0.39 is 0 Å². The van der Waals surface area contributed by atoms with Crippen molar-refractivity contribution in [3.63, 3.8) is 0 Å². The topological polar surface area (TPSA) is 30.7 Å². The molecule has 102 valence electrons. The molecule has 0 atom stereocenters. The van der Waals surface area contributed by atoms with Gasteiger partial charge >= 0.3 is 0 Å². The summed E-state index contributed by atoms with van der Waals surface area (Å²) >= 11 is 3.47. The number of rotatable bonds is 3. The van der Waals surface area contributed by atoms with Crippen LogP contribution in [0, 0.1) is 0 Å². The number of nitrogens with zero attached hydrogens (tertiary/aromatic N) is 3. The Morgan fingerprint density at radius 1 is 0.857 bits per heavy atom. The van der Waals surface area contributed by atoms with Crippen molar-refractivity contribution in [2.24, 2.45) is 0 Å². The molecular weight excluding hydrogens is 298 g/mol. The van der Waals surface area contributed by atoms with Gasteiger partial charge in [-0.25, -0.2) is 4.68 Å². The van der Waals surface area contributed by atoms with Gasteiger partial charge in [0.05, 0.1) is 6.20 Å². The summed E-state index contributed by atoms with van der Waals surface area (Å²) in [5, 5.41) is 11.7. The molecule has 0 aliphatic heterocycles. The van der Waals surface area contributed by atoms with Crippen molar-refractivity contribution in [3.05, 3.63) is 66.2 Å². The van der Waals surface area contributed by atoms with Crippen LogP contribution >= 0.6 is 22.7 Å². The van der Waals surface area contributed by atoms with E-state index in [0.717, 1.165) is 16.3 Å². The highest BCUT2D eigenvalue weighted by molar-refractivity contribution is 7.22. The van der Waals surface area contributed by atoms with E-state index in [4.69, 9.17) is 0 Å². The Kier molecular flexibility index (Phi) is 3.14. The van der Waals surface area contributed by atoms with Gasteiger partial charge < -0.3 is 0 Å². The van der Waals surface area contributed by atoms with Gasteiger partial charge in [-0.1, -0.05) is 41.6 Å². The van der Waals surface area contributed by atoms with Crippen LogP contribution in [0.15, 0.2) is 66.2 Å². The van der Waals surface area contributed by atoms with Gasteiger partial charge in [-0.05, 0) is 23.6 Å². The highest BCUT2D eigenvalue weighted by Crippen LogP contribution is 2.33. The van der Waals surface area contributed by atoms with E-state index in [1.807, 2.05) is 41.2 Å². The molecule has 0 N–H and O–H groups in total. The Hall–Kier alpha value is -2.24. The summed E-state index contributed by atoms with van der Waals surface area (Å²) in [6, 6.07) is 18.5. The fraction of sp³-hybridized carbons (Fsp3) is 0. The highest BCUT2D eigenvalue weighted by Gasteiger charge is 2.08. The summed E-state index contributed by atoms with van der Waals surface area (Å²) in [4.78, 5) is 2.55. The zero-order valence-electron chi connectivity index (χ0n) is 11.0. The van der Waals surface area contributed by atoms with E-state index >= 15 is 0 Å². The van der Waals surface area contributed by atoms with Crippen molar-refractivity contribution in [1.29, 1.82) is 0 Å². The van der Waals surface area contributed by atoms with E-state index in [9.17, 15) is 0 Å². The Morgan fingerprint density at radius 2 is 1.76 bits per heavy atom. The maximum Gasteiger partial charge on any atom is 0.119 e. The van der Waals surface area contributed by atoms with Crippen LogP contribution in [0.2, 0.25) is 0 Å². The molecule has 0 amide bonds. The second kappa shape index (κ2) is 5.27. The minimum Gasteiger partial charge on any atom is -0.210 e. The lowest BCUT2D eigenvalue weighted by atomic mass is 10.2. The van der Waals surface area contributed by atoms with Crippen LogP contribution < -0.4 is 0 Å². The van der Waals surface area contributed by atoms with E-state index in [0.29, 0.717) is 0 Å². The van der Waals surface area contributed by atoms with Gasteiger partial charge in [-0.2, -0.15) is 0 Å². The Bertz CT molecular complexity index is 845. The SMILES string of the molecule is c1ccc(-c2cn(-c3ccc(-c4cccs4)s3)nn2)cc1. The molecule has 21 heavy (non-hydrogen) atoms. The largest absolute Gasteiger partial charge is 0.210 e. The summed E-state index contributed by atoms with van der Waals surface area (Å²) in [6.07, 6.45) is 1.97. The molecule has 3 aromatic heterocycles. The fourth-order valence-electron chi connectivity index (χ4n) is 2.11. The second-order valence-electron chi connectivity index (χ2n) is 4.53. The van der Waals surface area contributed by atoms with Crippen LogP contribution in [-0.4, -0.2) is 15.0 Å². The Morgan fingerprint density at radius 3 is 2.57 bits per heavy atom. The first kappa shape index (κ1) is 12.5. The van der Waals surface area contributed by atoms with Gasteiger partial charge in [0.25, 0.3) is 0 Å². The van der Waals surface area contributed by atoms with Crippen LogP contribution in [0.3, 0.4) is 0 Å². The van der Waals surface area contributed by atoms with Crippen molar-refractivity contribution in [2.75, 3.05) is 0 Å². The molecule has 0 spiro atoms. The van der Waals surface area contributed by atoms with Crippen molar-refractivity contribution in [3.8, 4) is 26.0 Å². The van der Waals surface area contributed by atoms with Gasteiger partial charge in [0.1, 0.15) is 10.7 Å². The molecule has 3 heterocycles. The Labute approximate surface area is 130 Å². The van der Waals surface area contributed by atoms with Gasteiger partial charge in [0, 0.05) is 15.3 Å². The van der Waals surface area contributed by atoms with Crippen molar-refractivity contribution in [1.82, 2.24) is 15.0 Å². The monoisotopic (exact) mass is 309 g/mol. The summed E-state index contributed by atoms with van der Waals surface area (Å²) in [5.74, 6) is 0.